The average molecular weight is 324 g/mol. The number of nitrogens with zero attached hydrogens (tertiary/aromatic N) is 2. The van der Waals surface area contributed by atoms with Crippen molar-refractivity contribution < 1.29 is 4.79 Å². The van der Waals surface area contributed by atoms with Gasteiger partial charge in [0.1, 0.15) is 5.15 Å². The lowest BCUT2D eigenvalue weighted by molar-refractivity contribution is 0.102. The number of carbonyl (C=O) groups excluding carboxylic acids is 1. The van der Waals surface area contributed by atoms with Crippen molar-refractivity contribution in [3.05, 3.63) is 51.8 Å². The van der Waals surface area contributed by atoms with Crippen molar-refractivity contribution >= 4 is 40.5 Å². The quantitative estimate of drug-likeness (QED) is 0.868. The topological polar surface area (TPSA) is 45.2 Å². The summed E-state index contributed by atoms with van der Waals surface area (Å²) in [6, 6.07) is 8.57. The minimum absolute atomic E-state index is 0.254. The summed E-state index contributed by atoms with van der Waals surface area (Å²) in [4.78, 5) is 18.1. The largest absolute Gasteiger partial charge is 0.376 e. The van der Waals surface area contributed by atoms with Gasteiger partial charge < -0.3 is 10.2 Å². The van der Waals surface area contributed by atoms with Gasteiger partial charge in [-0.1, -0.05) is 23.2 Å². The average Bonchev–Trinajstić information content (AvgIpc) is 2.37. The molecule has 1 aromatic carbocycles. The molecular formula is C15H15Cl2N3O. The van der Waals surface area contributed by atoms with Crippen LogP contribution in [0.4, 0.5) is 11.4 Å². The Morgan fingerprint density at radius 1 is 1.19 bits per heavy atom. The molecule has 0 aliphatic heterocycles. The maximum absolute atomic E-state index is 12.2. The number of hydrogen-bond acceptors (Lipinski definition) is 3. The van der Waals surface area contributed by atoms with E-state index in [-0.39, 0.29) is 5.91 Å². The van der Waals surface area contributed by atoms with Crippen LogP contribution in [0.15, 0.2) is 30.3 Å². The van der Waals surface area contributed by atoms with E-state index >= 15 is 0 Å². The number of amides is 1. The van der Waals surface area contributed by atoms with E-state index in [0.717, 1.165) is 5.69 Å². The fourth-order valence-corrected chi connectivity index (χ4v) is 2.51. The lowest BCUT2D eigenvalue weighted by atomic mass is 10.2. The molecule has 1 amide bonds. The van der Waals surface area contributed by atoms with Gasteiger partial charge in [-0.2, -0.15) is 0 Å². The smallest absolute Gasteiger partial charge is 0.255 e. The lowest BCUT2D eigenvalue weighted by Gasteiger charge is -2.15. The van der Waals surface area contributed by atoms with Gasteiger partial charge in [0.05, 0.1) is 10.7 Å². The Hall–Kier alpha value is -1.78. The first-order valence-corrected chi connectivity index (χ1v) is 7.05. The molecular weight excluding hydrogens is 309 g/mol. The Bertz CT molecular complexity index is 666. The molecule has 0 atom stereocenters. The molecule has 0 radical (unpaired) electrons. The summed E-state index contributed by atoms with van der Waals surface area (Å²) in [6.07, 6.45) is 0. The molecule has 0 unspecified atom stereocenters. The summed E-state index contributed by atoms with van der Waals surface area (Å²) in [5, 5.41) is 3.66. The molecule has 0 saturated carbocycles. The van der Waals surface area contributed by atoms with E-state index in [1.165, 1.54) is 6.07 Å². The summed E-state index contributed by atoms with van der Waals surface area (Å²) in [5.41, 5.74) is 2.66. The van der Waals surface area contributed by atoms with Crippen molar-refractivity contribution in [2.75, 3.05) is 24.3 Å². The minimum atomic E-state index is -0.254. The lowest BCUT2D eigenvalue weighted by Crippen LogP contribution is -2.13. The highest BCUT2D eigenvalue weighted by molar-refractivity contribution is 6.33. The van der Waals surface area contributed by atoms with Crippen molar-refractivity contribution in [1.29, 1.82) is 0 Å². The Labute approximate surface area is 133 Å². The van der Waals surface area contributed by atoms with E-state index in [0.29, 0.717) is 27.1 Å². The van der Waals surface area contributed by atoms with E-state index in [9.17, 15) is 4.79 Å². The zero-order valence-corrected chi connectivity index (χ0v) is 13.5. The molecule has 1 heterocycles. The van der Waals surface area contributed by atoms with Crippen molar-refractivity contribution in [3.8, 4) is 0 Å². The van der Waals surface area contributed by atoms with Crippen LogP contribution in [0.25, 0.3) is 0 Å². The molecule has 0 bridgehead atoms. The van der Waals surface area contributed by atoms with Crippen molar-refractivity contribution in [3.63, 3.8) is 0 Å². The normalized spacial score (nSPS) is 10.3. The number of hydrogen-bond donors (Lipinski definition) is 1. The highest BCUT2D eigenvalue weighted by Crippen LogP contribution is 2.27. The van der Waals surface area contributed by atoms with Crippen molar-refractivity contribution in [1.82, 2.24) is 4.98 Å². The summed E-state index contributed by atoms with van der Waals surface area (Å²) in [5.74, 6) is -0.254. The Morgan fingerprint density at radius 3 is 2.48 bits per heavy atom. The van der Waals surface area contributed by atoms with Gasteiger partial charge in [-0.15, -0.1) is 0 Å². The third-order valence-corrected chi connectivity index (χ3v) is 3.37. The number of carbonyl (C=O) groups is 1. The first kappa shape index (κ1) is 15.6. The fraction of sp³-hybridized carbons (Fsp3) is 0.200. The number of rotatable bonds is 3. The van der Waals surface area contributed by atoms with E-state index in [4.69, 9.17) is 23.2 Å². The molecule has 0 saturated heterocycles. The third kappa shape index (κ3) is 3.86. The second kappa shape index (κ2) is 6.33. The molecule has 2 aromatic rings. The maximum atomic E-state index is 12.2. The Balaban J connectivity index is 2.21. The van der Waals surface area contributed by atoms with Crippen LogP contribution in [0.1, 0.15) is 16.1 Å². The second-order valence-electron chi connectivity index (χ2n) is 4.83. The standard InChI is InChI=1S/C15H15Cl2N3O/c1-9-6-10(7-14(17)18-9)15(21)19-11-4-5-13(20(2)3)12(16)8-11/h4-8H,1-3H3,(H,19,21). The number of aromatic nitrogens is 1. The number of nitrogens with one attached hydrogen (secondary N) is 1. The number of anilines is 2. The van der Waals surface area contributed by atoms with Crippen LogP contribution in [0.2, 0.25) is 10.2 Å². The van der Waals surface area contributed by atoms with E-state index in [2.05, 4.69) is 10.3 Å². The predicted molar refractivity (Wildman–Crippen MR) is 87.7 cm³/mol. The van der Waals surface area contributed by atoms with E-state index in [1.807, 2.05) is 25.1 Å². The summed E-state index contributed by atoms with van der Waals surface area (Å²) >= 11 is 12.0. The second-order valence-corrected chi connectivity index (χ2v) is 5.63. The van der Waals surface area contributed by atoms with Crippen molar-refractivity contribution in [2.24, 2.45) is 0 Å². The first-order valence-electron chi connectivity index (χ1n) is 6.29. The predicted octanol–water partition coefficient (Wildman–Crippen LogP) is 4.02. The van der Waals surface area contributed by atoms with Gasteiger partial charge in [0.15, 0.2) is 0 Å². The zero-order valence-electron chi connectivity index (χ0n) is 11.9. The zero-order chi connectivity index (χ0) is 15.6. The van der Waals surface area contributed by atoms with Gasteiger partial charge in [-0.3, -0.25) is 4.79 Å². The highest BCUT2D eigenvalue weighted by Gasteiger charge is 2.10. The summed E-state index contributed by atoms with van der Waals surface area (Å²) in [7, 11) is 3.81. The molecule has 1 aromatic heterocycles. The van der Waals surface area contributed by atoms with Crippen molar-refractivity contribution in [2.45, 2.75) is 6.92 Å². The van der Waals surface area contributed by atoms with Crippen LogP contribution < -0.4 is 10.2 Å². The van der Waals surface area contributed by atoms with Gasteiger partial charge in [0, 0.05) is 31.0 Å². The Morgan fingerprint density at radius 2 is 1.90 bits per heavy atom. The maximum Gasteiger partial charge on any atom is 0.255 e. The molecule has 0 aliphatic carbocycles. The molecule has 2 rings (SSSR count). The van der Waals surface area contributed by atoms with Crippen LogP contribution >= 0.6 is 23.2 Å². The van der Waals surface area contributed by atoms with Crippen LogP contribution in [0, 0.1) is 6.92 Å². The molecule has 0 spiro atoms. The van der Waals surface area contributed by atoms with Crippen LogP contribution in [-0.2, 0) is 0 Å². The third-order valence-electron chi connectivity index (χ3n) is 2.87. The van der Waals surface area contributed by atoms with Crippen LogP contribution in [0.3, 0.4) is 0 Å². The van der Waals surface area contributed by atoms with E-state index in [1.54, 1.807) is 25.1 Å². The summed E-state index contributed by atoms with van der Waals surface area (Å²) in [6.45, 7) is 1.78. The Kier molecular flexibility index (Phi) is 4.70. The number of halogens is 2. The molecule has 6 heteroatoms. The molecule has 0 fully saturated rings. The molecule has 110 valence electrons. The minimum Gasteiger partial charge on any atom is -0.376 e. The fourth-order valence-electron chi connectivity index (χ4n) is 1.91. The highest BCUT2D eigenvalue weighted by atomic mass is 35.5. The monoisotopic (exact) mass is 323 g/mol. The van der Waals surface area contributed by atoms with Gasteiger partial charge in [-0.25, -0.2) is 4.98 Å². The van der Waals surface area contributed by atoms with Crippen LogP contribution in [-0.4, -0.2) is 25.0 Å². The SMILES string of the molecule is Cc1cc(C(=O)Nc2ccc(N(C)C)c(Cl)c2)cc(Cl)n1. The molecule has 4 nitrogen and oxygen atoms in total. The molecule has 0 aliphatic rings. The van der Waals surface area contributed by atoms with Gasteiger partial charge in [-0.05, 0) is 37.3 Å². The van der Waals surface area contributed by atoms with Gasteiger partial charge in [0.2, 0.25) is 0 Å². The van der Waals surface area contributed by atoms with E-state index < -0.39 is 0 Å². The van der Waals surface area contributed by atoms with Gasteiger partial charge >= 0.3 is 0 Å². The first-order chi connectivity index (χ1) is 9.86. The van der Waals surface area contributed by atoms with Gasteiger partial charge in [0.25, 0.3) is 5.91 Å². The number of benzene rings is 1. The number of aryl methyl sites for hydroxylation is 1. The summed E-state index contributed by atoms with van der Waals surface area (Å²) < 4.78 is 0. The van der Waals surface area contributed by atoms with Crippen LogP contribution in [0.5, 0.6) is 0 Å². The molecule has 21 heavy (non-hydrogen) atoms. The number of pyridine rings is 1. The molecule has 1 N–H and O–H groups in total.